The lowest BCUT2D eigenvalue weighted by molar-refractivity contribution is -0.131. The van der Waals surface area contributed by atoms with Gasteiger partial charge in [0.1, 0.15) is 0 Å². The molecule has 1 N–H and O–H groups in total. The molecule has 1 aromatic rings. The van der Waals surface area contributed by atoms with Crippen molar-refractivity contribution in [1.82, 2.24) is 5.06 Å². The second-order valence-corrected chi connectivity index (χ2v) is 3.01. The van der Waals surface area contributed by atoms with Gasteiger partial charge in [0.25, 0.3) is 0 Å². The molecule has 1 rings (SSSR count). The van der Waals surface area contributed by atoms with Crippen LogP contribution in [-0.2, 0) is 18.1 Å². The van der Waals surface area contributed by atoms with Crippen LogP contribution in [0.2, 0.25) is 0 Å². The lowest BCUT2D eigenvalue weighted by atomic mass is 10.1. The molecular formula is C10H15NO2. The summed E-state index contributed by atoms with van der Waals surface area (Å²) in [5.74, 6) is 0. The zero-order chi connectivity index (χ0) is 9.68. The number of aliphatic hydroxyl groups is 1. The standard InChI is InChI=1S/C10H15NO2/c1-11(2)13-8-10-6-4-3-5-9(10)7-12/h3-6,12H,7-8H2,1-2H3. The summed E-state index contributed by atoms with van der Waals surface area (Å²) >= 11 is 0. The van der Waals surface area contributed by atoms with Crippen LogP contribution >= 0.6 is 0 Å². The summed E-state index contributed by atoms with van der Waals surface area (Å²) in [6.07, 6.45) is 0. The Morgan fingerprint density at radius 1 is 1.23 bits per heavy atom. The minimum atomic E-state index is 0.0625. The molecule has 0 amide bonds. The molecule has 0 saturated heterocycles. The third-order valence-corrected chi connectivity index (χ3v) is 1.77. The van der Waals surface area contributed by atoms with Gasteiger partial charge in [-0.2, -0.15) is 5.06 Å². The van der Waals surface area contributed by atoms with Crippen molar-refractivity contribution in [1.29, 1.82) is 0 Å². The normalized spacial score (nSPS) is 10.8. The number of benzene rings is 1. The van der Waals surface area contributed by atoms with Gasteiger partial charge in [-0.3, -0.25) is 4.84 Å². The molecule has 0 aliphatic heterocycles. The highest BCUT2D eigenvalue weighted by Crippen LogP contribution is 2.09. The van der Waals surface area contributed by atoms with Crippen LogP contribution in [0.15, 0.2) is 24.3 Å². The highest BCUT2D eigenvalue weighted by molar-refractivity contribution is 5.25. The van der Waals surface area contributed by atoms with Crippen molar-refractivity contribution in [2.24, 2.45) is 0 Å². The molecule has 1 aromatic carbocycles. The maximum absolute atomic E-state index is 9.01. The fraction of sp³-hybridized carbons (Fsp3) is 0.400. The van der Waals surface area contributed by atoms with Gasteiger partial charge in [0.15, 0.2) is 0 Å². The number of hydroxylamine groups is 2. The second kappa shape index (κ2) is 4.97. The summed E-state index contributed by atoms with van der Waals surface area (Å²) in [7, 11) is 3.67. The SMILES string of the molecule is CN(C)OCc1ccccc1CO. The van der Waals surface area contributed by atoms with E-state index in [0.29, 0.717) is 6.61 Å². The molecule has 0 fully saturated rings. The van der Waals surface area contributed by atoms with Gasteiger partial charge in [0.05, 0.1) is 13.2 Å². The largest absolute Gasteiger partial charge is 0.392 e. The molecule has 0 atom stereocenters. The second-order valence-electron chi connectivity index (χ2n) is 3.01. The number of aliphatic hydroxyl groups excluding tert-OH is 1. The number of hydrogen-bond acceptors (Lipinski definition) is 3. The van der Waals surface area contributed by atoms with Crippen molar-refractivity contribution < 1.29 is 9.94 Å². The first-order chi connectivity index (χ1) is 6.24. The van der Waals surface area contributed by atoms with E-state index in [-0.39, 0.29) is 6.61 Å². The summed E-state index contributed by atoms with van der Waals surface area (Å²) in [4.78, 5) is 5.29. The topological polar surface area (TPSA) is 32.7 Å². The third kappa shape index (κ3) is 3.14. The van der Waals surface area contributed by atoms with E-state index in [1.807, 2.05) is 38.4 Å². The van der Waals surface area contributed by atoms with E-state index in [0.717, 1.165) is 11.1 Å². The number of hydrogen-bond donors (Lipinski definition) is 1. The Morgan fingerprint density at radius 3 is 2.38 bits per heavy atom. The molecule has 0 spiro atoms. The van der Waals surface area contributed by atoms with Crippen LogP contribution in [-0.4, -0.2) is 24.3 Å². The average molecular weight is 181 g/mol. The van der Waals surface area contributed by atoms with Gasteiger partial charge in [-0.1, -0.05) is 24.3 Å². The highest BCUT2D eigenvalue weighted by atomic mass is 16.7. The number of nitrogens with zero attached hydrogens (tertiary/aromatic N) is 1. The van der Waals surface area contributed by atoms with Crippen LogP contribution in [0.25, 0.3) is 0 Å². The van der Waals surface area contributed by atoms with E-state index >= 15 is 0 Å². The van der Waals surface area contributed by atoms with Gasteiger partial charge in [0.2, 0.25) is 0 Å². The van der Waals surface area contributed by atoms with Crippen molar-refractivity contribution in [3.05, 3.63) is 35.4 Å². The molecule has 0 bridgehead atoms. The zero-order valence-corrected chi connectivity index (χ0v) is 8.03. The molecule has 0 aromatic heterocycles. The third-order valence-electron chi connectivity index (χ3n) is 1.77. The molecule has 13 heavy (non-hydrogen) atoms. The van der Waals surface area contributed by atoms with Crippen molar-refractivity contribution in [2.75, 3.05) is 14.1 Å². The minimum absolute atomic E-state index is 0.0625. The first-order valence-electron chi connectivity index (χ1n) is 4.22. The number of rotatable bonds is 4. The van der Waals surface area contributed by atoms with Crippen molar-refractivity contribution >= 4 is 0 Å². The van der Waals surface area contributed by atoms with Gasteiger partial charge in [-0.25, -0.2) is 0 Å². The molecule has 0 aliphatic carbocycles. The van der Waals surface area contributed by atoms with Crippen LogP contribution in [0.1, 0.15) is 11.1 Å². The quantitative estimate of drug-likeness (QED) is 0.708. The Kier molecular flexibility index (Phi) is 3.89. The lowest BCUT2D eigenvalue weighted by Gasteiger charge is -2.12. The predicted molar refractivity (Wildman–Crippen MR) is 50.8 cm³/mol. The molecule has 0 aliphatic rings. The summed E-state index contributed by atoms with van der Waals surface area (Å²) in [5, 5.41) is 10.7. The van der Waals surface area contributed by atoms with Crippen molar-refractivity contribution in [3.63, 3.8) is 0 Å². The Morgan fingerprint density at radius 2 is 1.85 bits per heavy atom. The van der Waals surface area contributed by atoms with E-state index < -0.39 is 0 Å². The lowest BCUT2D eigenvalue weighted by Crippen LogP contribution is -2.12. The molecule has 3 nitrogen and oxygen atoms in total. The molecule has 72 valence electrons. The van der Waals surface area contributed by atoms with E-state index in [4.69, 9.17) is 9.94 Å². The van der Waals surface area contributed by atoms with E-state index in [2.05, 4.69) is 0 Å². The Balaban J connectivity index is 2.64. The maximum atomic E-state index is 9.01. The highest BCUT2D eigenvalue weighted by Gasteiger charge is 2.00. The summed E-state index contributed by atoms with van der Waals surface area (Å²) in [6, 6.07) is 7.70. The van der Waals surface area contributed by atoms with Gasteiger partial charge >= 0.3 is 0 Å². The molecular weight excluding hydrogens is 166 g/mol. The minimum Gasteiger partial charge on any atom is -0.392 e. The van der Waals surface area contributed by atoms with E-state index in [1.165, 1.54) is 0 Å². The summed E-state index contributed by atoms with van der Waals surface area (Å²) in [5.41, 5.74) is 1.95. The smallest absolute Gasteiger partial charge is 0.0939 e. The van der Waals surface area contributed by atoms with Crippen LogP contribution < -0.4 is 0 Å². The molecule has 0 unspecified atom stereocenters. The molecule has 3 heteroatoms. The maximum Gasteiger partial charge on any atom is 0.0939 e. The van der Waals surface area contributed by atoms with Gasteiger partial charge in [-0.05, 0) is 11.1 Å². The monoisotopic (exact) mass is 181 g/mol. The van der Waals surface area contributed by atoms with Crippen LogP contribution in [0.5, 0.6) is 0 Å². The zero-order valence-electron chi connectivity index (χ0n) is 8.03. The Labute approximate surface area is 78.5 Å². The predicted octanol–water partition coefficient (Wildman–Crippen LogP) is 1.17. The van der Waals surface area contributed by atoms with Gasteiger partial charge in [-0.15, -0.1) is 0 Å². The summed E-state index contributed by atoms with van der Waals surface area (Å²) in [6.45, 7) is 0.566. The fourth-order valence-corrected chi connectivity index (χ4v) is 1.05. The molecule has 0 radical (unpaired) electrons. The van der Waals surface area contributed by atoms with Crippen LogP contribution in [0, 0.1) is 0 Å². The van der Waals surface area contributed by atoms with Crippen molar-refractivity contribution in [2.45, 2.75) is 13.2 Å². The van der Waals surface area contributed by atoms with Gasteiger partial charge in [0, 0.05) is 14.1 Å². The first-order valence-corrected chi connectivity index (χ1v) is 4.22. The Bertz CT molecular complexity index is 261. The Hall–Kier alpha value is -0.900. The van der Waals surface area contributed by atoms with Crippen molar-refractivity contribution in [3.8, 4) is 0 Å². The van der Waals surface area contributed by atoms with E-state index in [1.54, 1.807) is 5.06 Å². The van der Waals surface area contributed by atoms with Crippen LogP contribution in [0.3, 0.4) is 0 Å². The van der Waals surface area contributed by atoms with E-state index in [9.17, 15) is 0 Å². The van der Waals surface area contributed by atoms with Crippen LogP contribution in [0.4, 0.5) is 0 Å². The molecule has 0 saturated carbocycles. The summed E-state index contributed by atoms with van der Waals surface area (Å²) < 4.78 is 0. The average Bonchev–Trinajstić information content (AvgIpc) is 2.15. The van der Waals surface area contributed by atoms with Gasteiger partial charge < -0.3 is 5.11 Å². The first kappa shape index (κ1) is 10.2. The molecule has 0 heterocycles. The fourth-order valence-electron chi connectivity index (χ4n) is 1.05.